The summed E-state index contributed by atoms with van der Waals surface area (Å²) >= 11 is 0. The molecule has 0 saturated heterocycles. The third kappa shape index (κ3) is 2.93. The monoisotopic (exact) mass is 401 g/mol. The van der Waals surface area contributed by atoms with Gasteiger partial charge in [-0.3, -0.25) is 14.4 Å². The maximum absolute atomic E-state index is 12.5. The molecule has 5 rings (SSSR count). The zero-order chi connectivity index (χ0) is 20.8. The van der Waals surface area contributed by atoms with Crippen molar-refractivity contribution in [2.75, 3.05) is 17.2 Å². The number of imidazole rings is 1. The molecule has 0 unspecified atom stereocenters. The molecule has 0 spiro atoms. The number of anilines is 2. The number of carbonyl (C=O) groups excluding carboxylic acids is 1. The molecule has 3 heterocycles. The fourth-order valence-electron chi connectivity index (χ4n) is 3.94. The predicted octanol–water partition coefficient (Wildman–Crippen LogP) is 1.01. The molecule has 0 fully saturated rings. The van der Waals surface area contributed by atoms with Crippen LogP contribution in [-0.2, 0) is 19.5 Å². The fraction of sp³-hybridized carbons (Fsp3) is 0.182. The van der Waals surface area contributed by atoms with Crippen LogP contribution >= 0.6 is 0 Å². The minimum atomic E-state index is -0.598. The molecule has 8 nitrogen and oxygen atoms in total. The Morgan fingerprint density at radius 2 is 2.00 bits per heavy atom. The van der Waals surface area contributed by atoms with Crippen LogP contribution in [0.3, 0.4) is 0 Å². The summed E-state index contributed by atoms with van der Waals surface area (Å²) in [4.78, 5) is 41.9. The molecular formula is C22H19N5O3. The number of rotatable bonds is 4. The summed E-state index contributed by atoms with van der Waals surface area (Å²) in [6, 6.07) is 11.6. The summed E-state index contributed by atoms with van der Waals surface area (Å²) < 4.78 is 1.80. The number of hydrogen-bond donors (Lipinski definition) is 2. The van der Waals surface area contributed by atoms with Crippen LogP contribution in [0.1, 0.15) is 27.2 Å². The van der Waals surface area contributed by atoms with Gasteiger partial charge < -0.3 is 20.4 Å². The number of benzene rings is 1. The summed E-state index contributed by atoms with van der Waals surface area (Å²) in [7, 11) is 0. The van der Waals surface area contributed by atoms with E-state index >= 15 is 0 Å². The number of nitrogens with zero attached hydrogens (tertiary/aromatic N) is 3. The van der Waals surface area contributed by atoms with E-state index in [0.717, 1.165) is 17.5 Å². The van der Waals surface area contributed by atoms with Crippen molar-refractivity contribution in [3.05, 3.63) is 91.6 Å². The lowest BCUT2D eigenvalue weighted by atomic mass is 9.96. The van der Waals surface area contributed by atoms with Crippen LogP contribution in [0.2, 0.25) is 0 Å². The molecule has 8 heteroatoms. The van der Waals surface area contributed by atoms with Crippen LogP contribution in [0.5, 0.6) is 0 Å². The Labute approximate surface area is 171 Å². The highest BCUT2D eigenvalue weighted by Gasteiger charge is 2.26. The maximum atomic E-state index is 12.5. The Balaban J connectivity index is 1.30. The summed E-state index contributed by atoms with van der Waals surface area (Å²) in [5.41, 5.74) is 9.28. The van der Waals surface area contributed by atoms with Crippen molar-refractivity contribution in [3.8, 4) is 0 Å². The van der Waals surface area contributed by atoms with Crippen LogP contribution in [0.4, 0.5) is 11.4 Å². The van der Waals surface area contributed by atoms with Crippen molar-refractivity contribution in [2.45, 2.75) is 19.5 Å². The van der Waals surface area contributed by atoms with Crippen LogP contribution in [-0.4, -0.2) is 21.8 Å². The molecule has 1 aliphatic rings. The van der Waals surface area contributed by atoms with Crippen molar-refractivity contribution in [2.24, 2.45) is 0 Å². The Bertz CT molecular complexity index is 1330. The number of aromatic nitrogens is 2. The van der Waals surface area contributed by atoms with Gasteiger partial charge in [-0.05, 0) is 35.2 Å². The van der Waals surface area contributed by atoms with E-state index in [0.29, 0.717) is 36.7 Å². The van der Waals surface area contributed by atoms with E-state index in [2.05, 4.69) is 10.3 Å². The van der Waals surface area contributed by atoms with Crippen LogP contribution in [0.25, 0.3) is 5.65 Å². The highest BCUT2D eigenvalue weighted by molar-refractivity contribution is 5.92. The van der Waals surface area contributed by atoms with Crippen LogP contribution < -0.4 is 26.8 Å². The second-order valence-electron chi connectivity index (χ2n) is 7.47. The summed E-state index contributed by atoms with van der Waals surface area (Å²) in [6.07, 6.45) is 4.31. The molecule has 3 N–H and O–H groups in total. The molecule has 1 amide bonds. The lowest BCUT2D eigenvalue weighted by Gasteiger charge is -2.32. The van der Waals surface area contributed by atoms with Gasteiger partial charge in [0.05, 0.1) is 0 Å². The number of nitrogen functional groups attached to an aromatic ring is 1. The largest absolute Gasteiger partial charge is 0.394 e. The van der Waals surface area contributed by atoms with Gasteiger partial charge in [0.1, 0.15) is 22.7 Å². The van der Waals surface area contributed by atoms with E-state index < -0.39 is 10.9 Å². The molecule has 30 heavy (non-hydrogen) atoms. The van der Waals surface area contributed by atoms with E-state index in [-0.39, 0.29) is 11.6 Å². The first-order valence-corrected chi connectivity index (χ1v) is 9.67. The number of amides is 1. The average molecular weight is 401 g/mol. The molecule has 2 aromatic heterocycles. The lowest BCUT2D eigenvalue weighted by Crippen LogP contribution is -2.44. The number of pyridine rings is 1. The van der Waals surface area contributed by atoms with Crippen LogP contribution in [0, 0.1) is 0 Å². The predicted molar refractivity (Wildman–Crippen MR) is 113 cm³/mol. The molecule has 0 saturated carbocycles. The molecule has 0 atom stereocenters. The maximum Gasteiger partial charge on any atom is 0.271 e. The first-order valence-electron chi connectivity index (χ1n) is 9.67. The second-order valence-corrected chi connectivity index (χ2v) is 7.47. The van der Waals surface area contributed by atoms with Gasteiger partial charge in [-0.15, -0.1) is 0 Å². The summed E-state index contributed by atoms with van der Waals surface area (Å²) in [5.74, 6) is -0.241. The minimum absolute atomic E-state index is 0.0549. The zero-order valence-electron chi connectivity index (χ0n) is 16.1. The normalized spacial score (nSPS) is 13.5. The first kappa shape index (κ1) is 18.1. The van der Waals surface area contributed by atoms with Gasteiger partial charge in [0, 0.05) is 32.0 Å². The third-order valence-corrected chi connectivity index (χ3v) is 5.57. The Kier molecular flexibility index (Phi) is 4.13. The van der Waals surface area contributed by atoms with Gasteiger partial charge in [-0.2, -0.15) is 0 Å². The zero-order valence-corrected chi connectivity index (χ0v) is 16.1. The van der Waals surface area contributed by atoms with E-state index in [1.54, 1.807) is 10.6 Å². The first-order chi connectivity index (χ1) is 14.5. The van der Waals surface area contributed by atoms with Gasteiger partial charge in [0.2, 0.25) is 0 Å². The van der Waals surface area contributed by atoms with Gasteiger partial charge in [0.25, 0.3) is 16.8 Å². The van der Waals surface area contributed by atoms with Crippen molar-refractivity contribution < 1.29 is 4.79 Å². The summed E-state index contributed by atoms with van der Waals surface area (Å²) in [6.45, 7) is 1.52. The van der Waals surface area contributed by atoms with E-state index in [1.807, 2.05) is 47.5 Å². The van der Waals surface area contributed by atoms with Crippen molar-refractivity contribution in [3.63, 3.8) is 0 Å². The molecule has 0 aliphatic carbocycles. The number of fused-ring (bicyclic) bond motifs is 2. The smallest absolute Gasteiger partial charge is 0.271 e. The molecule has 1 aliphatic heterocycles. The van der Waals surface area contributed by atoms with E-state index in [1.165, 1.54) is 5.56 Å². The highest BCUT2D eigenvalue weighted by Crippen LogP contribution is 2.26. The Hall–Kier alpha value is -3.94. The van der Waals surface area contributed by atoms with Gasteiger partial charge in [-0.1, -0.05) is 24.3 Å². The molecule has 150 valence electrons. The van der Waals surface area contributed by atoms with Crippen molar-refractivity contribution in [1.29, 1.82) is 0 Å². The van der Waals surface area contributed by atoms with Gasteiger partial charge in [-0.25, -0.2) is 4.98 Å². The molecule has 0 radical (unpaired) electrons. The van der Waals surface area contributed by atoms with Gasteiger partial charge >= 0.3 is 0 Å². The Morgan fingerprint density at radius 1 is 1.13 bits per heavy atom. The number of nitrogens with one attached hydrogen (secondary N) is 1. The van der Waals surface area contributed by atoms with E-state index in [9.17, 15) is 14.4 Å². The minimum Gasteiger partial charge on any atom is -0.394 e. The lowest BCUT2D eigenvalue weighted by molar-refractivity contribution is 0.0946. The molecular weight excluding hydrogens is 382 g/mol. The molecule has 2 aromatic carbocycles. The van der Waals surface area contributed by atoms with Gasteiger partial charge in [0.15, 0.2) is 0 Å². The van der Waals surface area contributed by atoms with Crippen molar-refractivity contribution >= 4 is 22.9 Å². The highest BCUT2D eigenvalue weighted by atomic mass is 16.2. The standard InChI is InChI=1S/C22H19N5O3/c23-18-19(21(29)20(18)28)27-8-6-14-5-4-13(9-15(14)11-27)10-24-22(30)16-12-26-7-2-1-3-17(26)25-16/h1-5,7,9,12H,6,8,10-11,23H2,(H,24,30). The molecule has 0 bridgehead atoms. The fourth-order valence-corrected chi connectivity index (χ4v) is 3.94. The number of carbonyl (C=O) groups is 1. The van der Waals surface area contributed by atoms with Crippen molar-refractivity contribution in [1.82, 2.24) is 14.7 Å². The SMILES string of the molecule is Nc1c(N2CCc3ccc(CNC(=O)c4cn5ccccc5n4)cc3C2)c(=O)c1=O. The quantitative estimate of drug-likeness (QED) is 0.494. The topological polar surface area (TPSA) is 110 Å². The average Bonchev–Trinajstić information content (AvgIpc) is 3.21. The summed E-state index contributed by atoms with van der Waals surface area (Å²) in [5, 5.41) is 2.90. The van der Waals surface area contributed by atoms with Crippen LogP contribution in [0.15, 0.2) is 58.4 Å². The number of nitrogens with two attached hydrogens (primary N) is 1. The van der Waals surface area contributed by atoms with E-state index in [4.69, 9.17) is 5.73 Å². The Morgan fingerprint density at radius 3 is 2.80 bits per heavy atom. The number of hydrogen-bond acceptors (Lipinski definition) is 6. The second kappa shape index (κ2) is 6.84. The third-order valence-electron chi connectivity index (χ3n) is 5.57. The molecule has 4 aromatic rings.